The third-order valence-electron chi connectivity index (χ3n) is 4.75. The first-order chi connectivity index (χ1) is 15.8. The summed E-state index contributed by atoms with van der Waals surface area (Å²) in [7, 11) is -2.16. The smallest absolute Gasteiger partial charge is 0.251 e. The SMILES string of the molecule is COc1ccc(Cl)cc1N(Cc1ccc(C(=O)NCCOc2ccccc2)cc1)S(C)(=O)=O. The Balaban J connectivity index is 1.64. The summed E-state index contributed by atoms with van der Waals surface area (Å²) in [6.45, 7) is 0.757. The average molecular weight is 489 g/mol. The first kappa shape index (κ1) is 24.4. The zero-order valence-corrected chi connectivity index (χ0v) is 19.9. The summed E-state index contributed by atoms with van der Waals surface area (Å²) >= 11 is 6.08. The van der Waals surface area contributed by atoms with Crippen molar-refractivity contribution in [3.8, 4) is 11.5 Å². The Bertz CT molecular complexity index is 1190. The molecule has 3 rings (SSSR count). The highest BCUT2D eigenvalue weighted by atomic mass is 35.5. The highest BCUT2D eigenvalue weighted by Crippen LogP contribution is 2.33. The number of nitrogens with zero attached hydrogens (tertiary/aromatic N) is 1. The van der Waals surface area contributed by atoms with Crippen molar-refractivity contribution in [1.29, 1.82) is 0 Å². The number of benzene rings is 3. The van der Waals surface area contributed by atoms with Crippen molar-refractivity contribution >= 4 is 33.2 Å². The van der Waals surface area contributed by atoms with Gasteiger partial charge < -0.3 is 14.8 Å². The van der Waals surface area contributed by atoms with E-state index in [4.69, 9.17) is 21.1 Å². The number of amides is 1. The van der Waals surface area contributed by atoms with E-state index in [0.29, 0.717) is 40.7 Å². The molecule has 0 saturated heterocycles. The van der Waals surface area contributed by atoms with Crippen molar-refractivity contribution in [2.75, 3.05) is 30.8 Å². The molecule has 0 atom stereocenters. The van der Waals surface area contributed by atoms with Gasteiger partial charge in [0.05, 0.1) is 32.1 Å². The van der Waals surface area contributed by atoms with Gasteiger partial charge >= 0.3 is 0 Å². The lowest BCUT2D eigenvalue weighted by Gasteiger charge is -2.24. The number of hydrogen-bond donors (Lipinski definition) is 1. The van der Waals surface area contributed by atoms with Crippen LogP contribution in [0.2, 0.25) is 5.02 Å². The fourth-order valence-corrected chi connectivity index (χ4v) is 4.17. The van der Waals surface area contributed by atoms with Gasteiger partial charge in [-0.1, -0.05) is 41.9 Å². The Hall–Kier alpha value is -3.23. The number of carbonyl (C=O) groups is 1. The molecule has 3 aromatic carbocycles. The lowest BCUT2D eigenvalue weighted by atomic mass is 10.1. The van der Waals surface area contributed by atoms with E-state index in [-0.39, 0.29) is 12.5 Å². The standard InChI is InChI=1S/C24H25ClN2O5S/c1-31-23-13-12-20(25)16-22(23)27(33(2,29)30)17-18-8-10-19(11-9-18)24(28)26-14-15-32-21-6-4-3-5-7-21/h3-13,16H,14-15,17H2,1-2H3,(H,26,28). The maximum atomic E-state index is 12.5. The predicted octanol–water partition coefficient (Wildman–Crippen LogP) is 4.12. The minimum absolute atomic E-state index is 0.0579. The van der Waals surface area contributed by atoms with Gasteiger partial charge in [-0.2, -0.15) is 0 Å². The van der Waals surface area contributed by atoms with Gasteiger partial charge in [0, 0.05) is 10.6 Å². The van der Waals surface area contributed by atoms with E-state index in [9.17, 15) is 13.2 Å². The van der Waals surface area contributed by atoms with Gasteiger partial charge in [-0.25, -0.2) is 8.42 Å². The van der Waals surface area contributed by atoms with Crippen LogP contribution in [-0.2, 0) is 16.6 Å². The Morgan fingerprint density at radius 3 is 2.36 bits per heavy atom. The number of carbonyl (C=O) groups excluding carboxylic acids is 1. The molecule has 0 bridgehead atoms. The van der Waals surface area contributed by atoms with Gasteiger partial charge in [0.1, 0.15) is 18.1 Å². The second-order valence-electron chi connectivity index (χ2n) is 7.20. The predicted molar refractivity (Wildman–Crippen MR) is 130 cm³/mol. The molecule has 33 heavy (non-hydrogen) atoms. The zero-order chi connectivity index (χ0) is 23.8. The van der Waals surface area contributed by atoms with Gasteiger partial charge in [-0.3, -0.25) is 9.10 Å². The molecule has 174 valence electrons. The van der Waals surface area contributed by atoms with Crippen LogP contribution in [0.3, 0.4) is 0 Å². The van der Waals surface area contributed by atoms with Gasteiger partial charge in [-0.15, -0.1) is 0 Å². The summed E-state index contributed by atoms with van der Waals surface area (Å²) in [5.41, 5.74) is 1.50. The number of para-hydroxylation sites is 1. The number of ether oxygens (including phenoxy) is 2. The zero-order valence-electron chi connectivity index (χ0n) is 18.3. The highest BCUT2D eigenvalue weighted by Gasteiger charge is 2.22. The normalized spacial score (nSPS) is 11.0. The molecule has 1 amide bonds. The Morgan fingerprint density at radius 1 is 1.03 bits per heavy atom. The van der Waals surface area contributed by atoms with Crippen LogP contribution < -0.4 is 19.1 Å². The van der Waals surface area contributed by atoms with Crippen LogP contribution >= 0.6 is 11.6 Å². The Morgan fingerprint density at radius 2 is 1.73 bits per heavy atom. The number of halogens is 1. The van der Waals surface area contributed by atoms with Crippen LogP contribution in [0.4, 0.5) is 5.69 Å². The molecule has 3 aromatic rings. The molecule has 9 heteroatoms. The lowest BCUT2D eigenvalue weighted by Crippen LogP contribution is -2.30. The summed E-state index contributed by atoms with van der Waals surface area (Å²) in [5, 5.41) is 3.19. The molecule has 1 N–H and O–H groups in total. The van der Waals surface area contributed by atoms with Crippen LogP contribution in [0.25, 0.3) is 0 Å². The maximum absolute atomic E-state index is 12.5. The molecule has 0 aliphatic carbocycles. The van der Waals surface area contributed by atoms with Crippen LogP contribution in [0, 0.1) is 0 Å². The van der Waals surface area contributed by atoms with Gasteiger partial charge in [-0.05, 0) is 48.0 Å². The van der Waals surface area contributed by atoms with Crippen LogP contribution in [0.5, 0.6) is 11.5 Å². The van der Waals surface area contributed by atoms with Crippen molar-refractivity contribution in [2.45, 2.75) is 6.54 Å². The third-order valence-corrected chi connectivity index (χ3v) is 6.11. The number of rotatable bonds is 10. The summed E-state index contributed by atoms with van der Waals surface area (Å²) in [6.07, 6.45) is 1.12. The molecule has 0 heterocycles. The minimum Gasteiger partial charge on any atom is -0.495 e. The molecule has 7 nitrogen and oxygen atoms in total. The second kappa shape index (κ2) is 11.1. The van der Waals surface area contributed by atoms with E-state index in [1.807, 2.05) is 30.3 Å². The monoisotopic (exact) mass is 488 g/mol. The molecular weight excluding hydrogens is 464 g/mol. The second-order valence-corrected chi connectivity index (χ2v) is 9.54. The van der Waals surface area contributed by atoms with E-state index in [2.05, 4.69) is 5.32 Å². The summed E-state index contributed by atoms with van der Waals surface area (Å²) < 4.78 is 37.1. The first-order valence-electron chi connectivity index (χ1n) is 10.1. The fourth-order valence-electron chi connectivity index (χ4n) is 3.12. The molecule has 0 aromatic heterocycles. The molecule has 0 unspecified atom stereocenters. The van der Waals surface area contributed by atoms with Crippen LogP contribution in [0.15, 0.2) is 72.8 Å². The average Bonchev–Trinajstić information content (AvgIpc) is 2.80. The molecule has 0 saturated carbocycles. The van der Waals surface area contributed by atoms with Crippen molar-refractivity contribution in [3.05, 3.63) is 88.9 Å². The molecule has 0 aliphatic rings. The topological polar surface area (TPSA) is 84.9 Å². The number of methoxy groups -OCH3 is 1. The van der Waals surface area contributed by atoms with Crippen LogP contribution in [-0.4, -0.2) is 40.8 Å². The van der Waals surface area contributed by atoms with Crippen LogP contribution in [0.1, 0.15) is 15.9 Å². The van der Waals surface area contributed by atoms with Gasteiger partial charge in [0.25, 0.3) is 5.91 Å². The number of hydrogen-bond acceptors (Lipinski definition) is 5. The molecule has 0 radical (unpaired) electrons. The van der Waals surface area contributed by atoms with E-state index in [1.165, 1.54) is 11.4 Å². The molecule has 0 fully saturated rings. The highest BCUT2D eigenvalue weighted by molar-refractivity contribution is 7.92. The fraction of sp³-hybridized carbons (Fsp3) is 0.208. The summed E-state index contributed by atoms with van der Waals surface area (Å²) in [6, 6.07) is 20.9. The number of nitrogens with one attached hydrogen (secondary N) is 1. The van der Waals surface area contributed by atoms with Gasteiger partial charge in [0.15, 0.2) is 0 Å². The summed E-state index contributed by atoms with van der Waals surface area (Å²) in [5.74, 6) is 0.885. The van der Waals surface area contributed by atoms with E-state index in [0.717, 1.165) is 12.0 Å². The maximum Gasteiger partial charge on any atom is 0.251 e. The summed E-state index contributed by atoms with van der Waals surface area (Å²) in [4.78, 5) is 12.4. The quantitative estimate of drug-likeness (QED) is 0.434. The number of anilines is 1. The van der Waals surface area contributed by atoms with Crippen molar-refractivity contribution in [3.63, 3.8) is 0 Å². The van der Waals surface area contributed by atoms with E-state index < -0.39 is 10.0 Å². The minimum atomic E-state index is -3.63. The van der Waals surface area contributed by atoms with E-state index in [1.54, 1.807) is 42.5 Å². The third kappa shape index (κ3) is 6.87. The molecular formula is C24H25ClN2O5S. The Kier molecular flexibility index (Phi) is 8.19. The number of sulfonamides is 1. The largest absolute Gasteiger partial charge is 0.495 e. The van der Waals surface area contributed by atoms with Gasteiger partial charge in [0.2, 0.25) is 10.0 Å². The molecule has 0 aliphatic heterocycles. The van der Waals surface area contributed by atoms with Crippen molar-refractivity contribution < 1.29 is 22.7 Å². The lowest BCUT2D eigenvalue weighted by molar-refractivity contribution is 0.0947. The molecule has 0 spiro atoms. The van der Waals surface area contributed by atoms with Crippen molar-refractivity contribution in [1.82, 2.24) is 5.32 Å². The van der Waals surface area contributed by atoms with E-state index >= 15 is 0 Å². The van der Waals surface area contributed by atoms with Crippen molar-refractivity contribution in [2.24, 2.45) is 0 Å². The first-order valence-corrected chi connectivity index (χ1v) is 12.4. The Labute approximate surface area is 198 Å².